The van der Waals surface area contributed by atoms with Crippen LogP contribution in [-0.2, 0) is 17.9 Å². The number of aliphatic imine (C=N–C) groups is 1. The Hall–Kier alpha value is -2.10. The summed E-state index contributed by atoms with van der Waals surface area (Å²) in [5.41, 5.74) is 1.85. The van der Waals surface area contributed by atoms with E-state index in [0.29, 0.717) is 12.5 Å². The summed E-state index contributed by atoms with van der Waals surface area (Å²) in [7, 11) is 1.79. The number of hydrogen-bond acceptors (Lipinski definition) is 3. The number of benzene rings is 1. The van der Waals surface area contributed by atoms with Gasteiger partial charge in [0, 0.05) is 38.2 Å². The lowest BCUT2D eigenvalue weighted by Crippen LogP contribution is -2.39. The Morgan fingerprint density at radius 2 is 2.07 bits per heavy atom. The molecule has 2 aromatic rings. The fourth-order valence-corrected chi connectivity index (χ4v) is 3.09. The van der Waals surface area contributed by atoms with Gasteiger partial charge in [0.15, 0.2) is 5.96 Å². The number of carbonyl (C=O) groups excluding carboxylic acids is 1. The second kappa shape index (κ2) is 14.8. The van der Waals surface area contributed by atoms with Gasteiger partial charge in [-0.05, 0) is 36.1 Å². The molecule has 0 saturated carbocycles. The Morgan fingerprint density at radius 1 is 1.23 bits per heavy atom. The van der Waals surface area contributed by atoms with Gasteiger partial charge in [-0.15, -0.1) is 24.0 Å². The molecule has 8 heteroatoms. The molecule has 30 heavy (non-hydrogen) atoms. The molecule has 166 valence electrons. The molecule has 1 amide bonds. The van der Waals surface area contributed by atoms with Crippen molar-refractivity contribution in [2.45, 2.75) is 52.6 Å². The minimum Gasteiger partial charge on any atom is -0.356 e. The lowest BCUT2D eigenvalue weighted by atomic mass is 9.99. The molecule has 1 aromatic heterocycles. The number of rotatable bonds is 11. The zero-order valence-electron chi connectivity index (χ0n) is 18.2. The summed E-state index contributed by atoms with van der Waals surface area (Å²) in [5, 5.41) is 13.7. The predicted molar refractivity (Wildman–Crippen MR) is 134 cm³/mol. The summed E-state index contributed by atoms with van der Waals surface area (Å²) in [4.78, 5) is 16.5. The SMILES string of the molecule is CCCCC(CC)CNC(=NC)NCc1cccc(NC(=O)Cn2cccn2)c1.I. The zero-order chi connectivity index (χ0) is 20.9. The first-order valence-electron chi connectivity index (χ1n) is 10.4. The van der Waals surface area contributed by atoms with Crippen LogP contribution in [0.25, 0.3) is 0 Å². The van der Waals surface area contributed by atoms with Gasteiger partial charge in [-0.25, -0.2) is 0 Å². The molecular weight excluding hydrogens is 491 g/mol. The van der Waals surface area contributed by atoms with Crippen LogP contribution in [0, 0.1) is 5.92 Å². The fourth-order valence-electron chi connectivity index (χ4n) is 3.09. The Labute approximate surface area is 197 Å². The third-order valence-corrected chi connectivity index (χ3v) is 4.86. The highest BCUT2D eigenvalue weighted by Gasteiger charge is 2.08. The molecule has 7 nitrogen and oxygen atoms in total. The van der Waals surface area contributed by atoms with E-state index >= 15 is 0 Å². The van der Waals surface area contributed by atoms with Gasteiger partial charge in [-0.1, -0.05) is 45.2 Å². The molecule has 0 bridgehead atoms. The van der Waals surface area contributed by atoms with Gasteiger partial charge in [-0.2, -0.15) is 5.10 Å². The largest absolute Gasteiger partial charge is 0.356 e. The Kier molecular flexibility index (Phi) is 12.8. The van der Waals surface area contributed by atoms with Crippen LogP contribution in [0.2, 0.25) is 0 Å². The van der Waals surface area contributed by atoms with E-state index in [4.69, 9.17) is 0 Å². The maximum absolute atomic E-state index is 12.1. The highest BCUT2D eigenvalue weighted by atomic mass is 127. The predicted octanol–water partition coefficient (Wildman–Crippen LogP) is 4.02. The number of halogens is 1. The van der Waals surface area contributed by atoms with Crippen molar-refractivity contribution in [2.75, 3.05) is 18.9 Å². The van der Waals surface area contributed by atoms with Gasteiger partial charge in [0.2, 0.25) is 5.91 Å². The number of aromatic nitrogens is 2. The summed E-state index contributed by atoms with van der Waals surface area (Å²) >= 11 is 0. The van der Waals surface area contributed by atoms with Crippen molar-refractivity contribution in [3.8, 4) is 0 Å². The molecule has 0 aliphatic carbocycles. The maximum Gasteiger partial charge on any atom is 0.246 e. The van der Waals surface area contributed by atoms with Crippen molar-refractivity contribution in [3.63, 3.8) is 0 Å². The Bertz CT molecular complexity index is 763. The van der Waals surface area contributed by atoms with E-state index < -0.39 is 0 Å². The van der Waals surface area contributed by atoms with Crippen LogP contribution in [0.1, 0.15) is 45.1 Å². The molecular formula is C22H35IN6O. The first-order valence-corrected chi connectivity index (χ1v) is 10.4. The first-order chi connectivity index (χ1) is 14.1. The lowest BCUT2D eigenvalue weighted by molar-refractivity contribution is -0.116. The van der Waals surface area contributed by atoms with E-state index in [0.717, 1.165) is 23.8 Å². The number of unbranched alkanes of at least 4 members (excludes halogenated alkanes) is 1. The van der Waals surface area contributed by atoms with Crippen molar-refractivity contribution < 1.29 is 4.79 Å². The van der Waals surface area contributed by atoms with Crippen molar-refractivity contribution in [2.24, 2.45) is 10.9 Å². The van der Waals surface area contributed by atoms with Crippen LogP contribution in [0.3, 0.4) is 0 Å². The Morgan fingerprint density at radius 3 is 2.73 bits per heavy atom. The van der Waals surface area contributed by atoms with Gasteiger partial charge in [0.05, 0.1) is 0 Å². The quantitative estimate of drug-likeness (QED) is 0.235. The summed E-state index contributed by atoms with van der Waals surface area (Å²) in [5.74, 6) is 1.36. The first kappa shape index (κ1) is 25.9. The topological polar surface area (TPSA) is 83.3 Å². The number of nitrogens with zero attached hydrogens (tertiary/aromatic N) is 3. The number of amides is 1. The molecule has 3 N–H and O–H groups in total. The highest BCUT2D eigenvalue weighted by molar-refractivity contribution is 14.0. The number of anilines is 1. The monoisotopic (exact) mass is 526 g/mol. The molecule has 0 spiro atoms. The average molecular weight is 526 g/mol. The van der Waals surface area contributed by atoms with Gasteiger partial charge in [-0.3, -0.25) is 14.5 Å². The molecule has 1 unspecified atom stereocenters. The van der Waals surface area contributed by atoms with Crippen LogP contribution in [0.4, 0.5) is 5.69 Å². The number of nitrogens with one attached hydrogen (secondary N) is 3. The van der Waals surface area contributed by atoms with Gasteiger partial charge < -0.3 is 16.0 Å². The van der Waals surface area contributed by atoms with E-state index in [1.54, 1.807) is 30.2 Å². The molecule has 0 fully saturated rings. The van der Waals surface area contributed by atoms with Crippen LogP contribution in [0.15, 0.2) is 47.7 Å². The normalized spacial score (nSPS) is 12.0. The standard InChI is InChI=1S/C22H34N6O.HI/c1-4-6-9-18(5-2)15-24-22(23-3)25-16-19-10-7-11-20(14-19)27-21(29)17-28-13-8-12-26-28;/h7-8,10-14,18H,4-6,9,15-17H2,1-3H3,(H,27,29)(H2,23,24,25);1H. The second-order valence-electron chi connectivity index (χ2n) is 7.18. The summed E-state index contributed by atoms with van der Waals surface area (Å²) in [6.07, 6.45) is 8.35. The maximum atomic E-state index is 12.1. The van der Waals surface area contributed by atoms with Gasteiger partial charge in [0.1, 0.15) is 6.54 Å². The van der Waals surface area contributed by atoms with Crippen molar-refractivity contribution in [1.82, 2.24) is 20.4 Å². The summed E-state index contributed by atoms with van der Waals surface area (Å²) in [6, 6.07) is 9.62. The zero-order valence-corrected chi connectivity index (χ0v) is 20.6. The lowest BCUT2D eigenvalue weighted by Gasteiger charge is -2.18. The van der Waals surface area contributed by atoms with Crippen LogP contribution >= 0.6 is 24.0 Å². The van der Waals surface area contributed by atoms with Crippen molar-refractivity contribution in [1.29, 1.82) is 0 Å². The molecule has 0 aliphatic heterocycles. The Balaban J connectivity index is 0.00000450. The third kappa shape index (κ3) is 9.60. The van der Waals surface area contributed by atoms with Crippen LogP contribution in [-0.4, -0.2) is 35.2 Å². The number of carbonyl (C=O) groups is 1. The molecule has 2 rings (SSSR count). The molecule has 0 radical (unpaired) electrons. The highest BCUT2D eigenvalue weighted by Crippen LogP contribution is 2.12. The number of hydrogen-bond donors (Lipinski definition) is 3. The number of guanidine groups is 1. The smallest absolute Gasteiger partial charge is 0.246 e. The molecule has 0 saturated heterocycles. The van der Waals surface area contributed by atoms with E-state index in [9.17, 15) is 4.79 Å². The third-order valence-electron chi connectivity index (χ3n) is 4.86. The van der Waals surface area contributed by atoms with E-state index in [1.165, 1.54) is 25.7 Å². The van der Waals surface area contributed by atoms with Crippen LogP contribution < -0.4 is 16.0 Å². The average Bonchev–Trinajstić information content (AvgIpc) is 3.23. The molecule has 1 heterocycles. The molecule has 1 aromatic carbocycles. The summed E-state index contributed by atoms with van der Waals surface area (Å²) < 4.78 is 1.60. The minimum atomic E-state index is -0.103. The molecule has 0 aliphatic rings. The molecule has 1 atom stereocenters. The van der Waals surface area contributed by atoms with Gasteiger partial charge >= 0.3 is 0 Å². The van der Waals surface area contributed by atoms with E-state index in [1.807, 2.05) is 24.3 Å². The van der Waals surface area contributed by atoms with Crippen LogP contribution in [0.5, 0.6) is 0 Å². The minimum absolute atomic E-state index is 0. The van der Waals surface area contributed by atoms with Crippen molar-refractivity contribution in [3.05, 3.63) is 48.3 Å². The van der Waals surface area contributed by atoms with E-state index in [-0.39, 0.29) is 36.4 Å². The van der Waals surface area contributed by atoms with E-state index in [2.05, 4.69) is 39.9 Å². The fraction of sp³-hybridized carbons (Fsp3) is 0.500. The van der Waals surface area contributed by atoms with Crippen molar-refractivity contribution >= 4 is 41.5 Å². The second-order valence-corrected chi connectivity index (χ2v) is 7.18. The summed E-state index contributed by atoms with van der Waals surface area (Å²) in [6.45, 7) is 6.23. The van der Waals surface area contributed by atoms with Gasteiger partial charge in [0.25, 0.3) is 0 Å².